The van der Waals surface area contributed by atoms with Crippen molar-refractivity contribution in [3.63, 3.8) is 0 Å². The third-order valence-corrected chi connectivity index (χ3v) is 7.15. The fourth-order valence-electron chi connectivity index (χ4n) is 3.73. The SMILES string of the molecule is CCCCOc1ccc(C(=O)Nc2c3c(nn2-c2cccc(C)c2C)CS(=O)(=O)C3)cc1. The summed E-state index contributed by atoms with van der Waals surface area (Å²) in [5.74, 6) is 0.536. The van der Waals surface area contributed by atoms with Crippen molar-refractivity contribution in [2.45, 2.75) is 45.1 Å². The number of nitrogens with one attached hydrogen (secondary N) is 1. The Morgan fingerprint density at radius 2 is 1.88 bits per heavy atom. The van der Waals surface area contributed by atoms with Crippen LogP contribution in [-0.2, 0) is 21.3 Å². The van der Waals surface area contributed by atoms with Gasteiger partial charge in [-0.1, -0.05) is 25.5 Å². The molecule has 168 valence electrons. The van der Waals surface area contributed by atoms with Gasteiger partial charge in [-0.05, 0) is 61.7 Å². The highest BCUT2D eigenvalue weighted by molar-refractivity contribution is 7.90. The van der Waals surface area contributed by atoms with Gasteiger partial charge in [0.2, 0.25) is 0 Å². The quantitative estimate of drug-likeness (QED) is 0.537. The summed E-state index contributed by atoms with van der Waals surface area (Å²) >= 11 is 0. The lowest BCUT2D eigenvalue weighted by Crippen LogP contribution is -2.17. The highest BCUT2D eigenvalue weighted by Gasteiger charge is 2.33. The summed E-state index contributed by atoms with van der Waals surface area (Å²) in [6.07, 6.45) is 2.02. The van der Waals surface area contributed by atoms with Crippen LogP contribution in [0.15, 0.2) is 42.5 Å². The molecule has 1 aliphatic rings. The summed E-state index contributed by atoms with van der Waals surface area (Å²) in [6, 6.07) is 12.8. The molecule has 0 atom stereocenters. The predicted octanol–water partition coefficient (Wildman–Crippen LogP) is 4.35. The molecule has 2 aromatic carbocycles. The number of hydrogen-bond donors (Lipinski definition) is 1. The van der Waals surface area contributed by atoms with Gasteiger partial charge in [-0.25, -0.2) is 13.1 Å². The molecule has 0 saturated heterocycles. The number of carbonyl (C=O) groups is 1. The number of rotatable bonds is 7. The largest absolute Gasteiger partial charge is 0.494 e. The third kappa shape index (κ3) is 4.41. The van der Waals surface area contributed by atoms with E-state index < -0.39 is 9.84 Å². The van der Waals surface area contributed by atoms with Crippen LogP contribution in [0.3, 0.4) is 0 Å². The summed E-state index contributed by atoms with van der Waals surface area (Å²) in [4.78, 5) is 13.0. The van der Waals surface area contributed by atoms with Gasteiger partial charge in [0.05, 0.1) is 29.5 Å². The molecular formula is C24H27N3O4S. The minimum absolute atomic E-state index is 0.118. The summed E-state index contributed by atoms with van der Waals surface area (Å²) in [5, 5.41) is 7.48. The second kappa shape index (κ2) is 8.78. The van der Waals surface area contributed by atoms with Crippen LogP contribution in [0.4, 0.5) is 5.82 Å². The van der Waals surface area contributed by atoms with Gasteiger partial charge in [0.15, 0.2) is 9.84 Å². The van der Waals surface area contributed by atoms with Crippen LogP contribution >= 0.6 is 0 Å². The van der Waals surface area contributed by atoms with Crippen LogP contribution < -0.4 is 10.1 Å². The lowest BCUT2D eigenvalue weighted by molar-refractivity contribution is 0.102. The smallest absolute Gasteiger partial charge is 0.256 e. The number of sulfone groups is 1. The fourth-order valence-corrected chi connectivity index (χ4v) is 5.22. The first kappa shape index (κ1) is 22.1. The molecule has 0 bridgehead atoms. The van der Waals surface area contributed by atoms with Crippen LogP contribution in [-0.4, -0.2) is 30.7 Å². The Kier molecular flexibility index (Phi) is 6.06. The highest BCUT2D eigenvalue weighted by Crippen LogP contribution is 2.34. The molecule has 2 heterocycles. The number of benzene rings is 2. The standard InChI is InChI=1S/C24H27N3O4S/c1-4-5-13-31-19-11-9-18(10-12-19)24(28)25-23-20-14-32(29,30)15-21(20)26-27(23)22-8-6-7-16(2)17(22)3/h6-12H,4-5,13-15H2,1-3H3,(H,25,28). The number of ether oxygens (including phenoxy) is 1. The van der Waals surface area contributed by atoms with Crippen LogP contribution in [0.5, 0.6) is 5.75 Å². The molecule has 7 nitrogen and oxygen atoms in total. The predicted molar refractivity (Wildman–Crippen MR) is 124 cm³/mol. The molecule has 3 aromatic rings. The maximum atomic E-state index is 13.0. The molecule has 4 rings (SSSR count). The van der Waals surface area contributed by atoms with Crippen molar-refractivity contribution in [1.29, 1.82) is 0 Å². The van der Waals surface area contributed by atoms with E-state index in [9.17, 15) is 13.2 Å². The van der Waals surface area contributed by atoms with Crippen molar-refractivity contribution in [2.24, 2.45) is 0 Å². The Morgan fingerprint density at radius 3 is 2.59 bits per heavy atom. The van der Waals surface area contributed by atoms with E-state index >= 15 is 0 Å². The first-order valence-electron chi connectivity index (χ1n) is 10.7. The van der Waals surface area contributed by atoms with E-state index in [1.807, 2.05) is 32.0 Å². The maximum absolute atomic E-state index is 13.0. The fraction of sp³-hybridized carbons (Fsp3) is 0.333. The Labute approximate surface area is 188 Å². The van der Waals surface area contributed by atoms with Gasteiger partial charge < -0.3 is 10.1 Å². The molecule has 32 heavy (non-hydrogen) atoms. The monoisotopic (exact) mass is 453 g/mol. The number of unbranched alkanes of at least 4 members (excludes halogenated alkanes) is 1. The molecule has 1 aromatic heterocycles. The second-order valence-corrected chi connectivity index (χ2v) is 10.2. The van der Waals surface area contributed by atoms with Gasteiger partial charge in [-0.3, -0.25) is 4.79 Å². The van der Waals surface area contributed by atoms with Crippen LogP contribution in [0, 0.1) is 13.8 Å². The van der Waals surface area contributed by atoms with Crippen LogP contribution in [0.1, 0.15) is 52.5 Å². The molecule has 1 amide bonds. The first-order chi connectivity index (χ1) is 15.3. The van der Waals surface area contributed by atoms with E-state index in [4.69, 9.17) is 4.74 Å². The Morgan fingerprint density at radius 1 is 1.12 bits per heavy atom. The highest BCUT2D eigenvalue weighted by atomic mass is 32.2. The summed E-state index contributed by atoms with van der Waals surface area (Å²) in [6.45, 7) is 6.72. The number of aromatic nitrogens is 2. The average Bonchev–Trinajstić information content (AvgIpc) is 3.23. The van der Waals surface area contributed by atoms with Crippen molar-refractivity contribution < 1.29 is 17.9 Å². The van der Waals surface area contributed by atoms with E-state index in [1.165, 1.54) is 0 Å². The van der Waals surface area contributed by atoms with Crippen molar-refractivity contribution in [3.8, 4) is 11.4 Å². The number of anilines is 1. The topological polar surface area (TPSA) is 90.3 Å². The maximum Gasteiger partial charge on any atom is 0.256 e. The molecule has 8 heteroatoms. The Bertz CT molecular complexity index is 1260. The minimum atomic E-state index is -3.26. The molecule has 1 aliphatic heterocycles. The zero-order chi connectivity index (χ0) is 22.9. The van der Waals surface area contributed by atoms with Crippen molar-refractivity contribution in [2.75, 3.05) is 11.9 Å². The summed E-state index contributed by atoms with van der Waals surface area (Å²) < 4.78 is 31.7. The van der Waals surface area contributed by atoms with E-state index in [0.29, 0.717) is 35.0 Å². The van der Waals surface area contributed by atoms with E-state index in [2.05, 4.69) is 17.3 Å². The molecule has 0 radical (unpaired) electrons. The summed E-state index contributed by atoms with van der Waals surface area (Å²) in [7, 11) is -3.26. The Hall–Kier alpha value is -3.13. The minimum Gasteiger partial charge on any atom is -0.494 e. The third-order valence-electron chi connectivity index (χ3n) is 5.71. The van der Waals surface area contributed by atoms with E-state index in [1.54, 1.807) is 28.9 Å². The van der Waals surface area contributed by atoms with Gasteiger partial charge in [0.1, 0.15) is 11.6 Å². The number of aryl methyl sites for hydroxylation is 1. The van der Waals surface area contributed by atoms with Crippen LogP contribution in [0.2, 0.25) is 0 Å². The van der Waals surface area contributed by atoms with Crippen molar-refractivity contribution in [3.05, 3.63) is 70.4 Å². The molecular weight excluding hydrogens is 426 g/mol. The zero-order valence-corrected chi connectivity index (χ0v) is 19.3. The second-order valence-electron chi connectivity index (χ2n) is 8.12. The van der Waals surface area contributed by atoms with Gasteiger partial charge in [-0.15, -0.1) is 0 Å². The van der Waals surface area contributed by atoms with E-state index in [-0.39, 0.29) is 17.4 Å². The normalized spacial score (nSPS) is 14.2. The number of hydrogen-bond acceptors (Lipinski definition) is 5. The average molecular weight is 454 g/mol. The number of amides is 1. The number of nitrogens with zero attached hydrogens (tertiary/aromatic N) is 2. The molecule has 1 N–H and O–H groups in total. The zero-order valence-electron chi connectivity index (χ0n) is 18.5. The van der Waals surface area contributed by atoms with Crippen molar-refractivity contribution >= 4 is 21.6 Å². The van der Waals surface area contributed by atoms with Crippen LogP contribution in [0.25, 0.3) is 5.69 Å². The molecule has 0 spiro atoms. The lowest BCUT2D eigenvalue weighted by Gasteiger charge is -2.14. The summed E-state index contributed by atoms with van der Waals surface area (Å²) in [5.41, 5.74) is 4.41. The van der Waals surface area contributed by atoms with Crippen molar-refractivity contribution in [1.82, 2.24) is 9.78 Å². The van der Waals surface area contributed by atoms with E-state index in [0.717, 1.165) is 29.7 Å². The lowest BCUT2D eigenvalue weighted by atomic mass is 10.1. The molecule has 0 saturated carbocycles. The molecule has 0 aliphatic carbocycles. The van der Waals surface area contributed by atoms with Gasteiger partial charge >= 0.3 is 0 Å². The van der Waals surface area contributed by atoms with Gasteiger partial charge in [0.25, 0.3) is 5.91 Å². The first-order valence-corrected chi connectivity index (χ1v) is 12.5. The van der Waals surface area contributed by atoms with Gasteiger partial charge in [0, 0.05) is 11.1 Å². The van der Waals surface area contributed by atoms with Gasteiger partial charge in [-0.2, -0.15) is 5.10 Å². The molecule has 0 unspecified atom stereocenters. The number of carbonyl (C=O) groups excluding carboxylic acids is 1. The Balaban J connectivity index is 1.66. The molecule has 0 fully saturated rings. The number of fused-ring (bicyclic) bond motifs is 1.